The van der Waals surface area contributed by atoms with E-state index in [4.69, 9.17) is 5.10 Å². The van der Waals surface area contributed by atoms with Gasteiger partial charge in [-0.1, -0.05) is 60.2 Å². The van der Waals surface area contributed by atoms with Gasteiger partial charge in [0, 0.05) is 18.5 Å². The first-order chi connectivity index (χ1) is 17.2. The molecule has 5 aromatic rings. The number of H-pyrrole nitrogens is 1. The van der Waals surface area contributed by atoms with E-state index in [0.717, 1.165) is 52.6 Å². The van der Waals surface area contributed by atoms with Crippen LogP contribution in [0.5, 0.6) is 0 Å². The lowest BCUT2D eigenvalue weighted by atomic mass is 10.1. The van der Waals surface area contributed by atoms with Crippen LogP contribution in [0.15, 0.2) is 60.7 Å². The quantitative estimate of drug-likeness (QED) is 0.261. The molecule has 0 unspecified atom stereocenters. The standard InChI is InChI=1S/C25H21N7O2S/c33-23-17-11-6-7-12-18(17)24(34)31(23)14-8-2-5-13-21-30-32-22(28-29-25(32)35-21)20-15-19(26-27-20)16-9-3-1-4-10-16/h1,3-4,6-7,9-12,15H,2,5,8,13-14H2,(H,26,27). The molecular formula is C25H21N7O2S. The summed E-state index contributed by atoms with van der Waals surface area (Å²) in [6.07, 6.45) is 3.36. The summed E-state index contributed by atoms with van der Waals surface area (Å²) in [5.74, 6) is 0.241. The molecule has 9 nitrogen and oxygen atoms in total. The molecule has 0 saturated carbocycles. The van der Waals surface area contributed by atoms with Crippen LogP contribution in [-0.4, -0.2) is 53.3 Å². The molecule has 2 amide bonds. The molecule has 6 rings (SSSR count). The van der Waals surface area contributed by atoms with Crippen molar-refractivity contribution in [3.8, 4) is 22.8 Å². The highest BCUT2D eigenvalue weighted by Gasteiger charge is 2.34. The Labute approximate surface area is 204 Å². The number of aromatic nitrogens is 6. The molecule has 1 aliphatic heterocycles. The normalized spacial score (nSPS) is 13.2. The van der Waals surface area contributed by atoms with Crippen LogP contribution in [-0.2, 0) is 6.42 Å². The number of carbonyl (C=O) groups excluding carboxylic acids is 2. The third kappa shape index (κ3) is 3.91. The van der Waals surface area contributed by atoms with Crippen LogP contribution in [0.25, 0.3) is 27.7 Å². The van der Waals surface area contributed by atoms with Gasteiger partial charge < -0.3 is 0 Å². The van der Waals surface area contributed by atoms with Crippen molar-refractivity contribution >= 4 is 28.1 Å². The molecule has 0 bridgehead atoms. The second-order valence-electron chi connectivity index (χ2n) is 8.36. The lowest BCUT2D eigenvalue weighted by Crippen LogP contribution is -2.30. The second-order valence-corrected chi connectivity index (χ2v) is 9.41. The van der Waals surface area contributed by atoms with Crippen molar-refractivity contribution in [3.63, 3.8) is 0 Å². The van der Waals surface area contributed by atoms with E-state index >= 15 is 0 Å². The van der Waals surface area contributed by atoms with Crippen molar-refractivity contribution < 1.29 is 9.59 Å². The van der Waals surface area contributed by atoms with Crippen molar-refractivity contribution in [2.24, 2.45) is 0 Å². The first kappa shape index (κ1) is 21.4. The number of aryl methyl sites for hydroxylation is 1. The van der Waals surface area contributed by atoms with Gasteiger partial charge in [0.15, 0.2) is 0 Å². The van der Waals surface area contributed by atoms with Gasteiger partial charge in [-0.25, -0.2) is 0 Å². The second kappa shape index (κ2) is 8.88. The van der Waals surface area contributed by atoms with Crippen LogP contribution >= 0.6 is 11.3 Å². The SMILES string of the molecule is O=C1c2ccccc2C(=O)N1CCCCCc1nn2c(-c3cc(-c4ccccc4)n[nH]3)nnc2s1. The fraction of sp³-hybridized carbons (Fsp3) is 0.200. The smallest absolute Gasteiger partial charge is 0.261 e. The minimum atomic E-state index is -0.194. The highest BCUT2D eigenvalue weighted by atomic mass is 32.1. The van der Waals surface area contributed by atoms with E-state index in [1.807, 2.05) is 36.4 Å². The van der Waals surface area contributed by atoms with Crippen LogP contribution < -0.4 is 0 Å². The monoisotopic (exact) mass is 483 g/mol. The third-order valence-corrected chi connectivity index (χ3v) is 7.03. The van der Waals surface area contributed by atoms with E-state index in [1.54, 1.807) is 28.8 Å². The number of fused-ring (bicyclic) bond motifs is 2. The van der Waals surface area contributed by atoms with Crippen molar-refractivity contribution in [2.45, 2.75) is 25.7 Å². The van der Waals surface area contributed by atoms with Gasteiger partial charge in [-0.15, -0.1) is 10.2 Å². The zero-order valence-corrected chi connectivity index (χ0v) is 19.5. The number of rotatable bonds is 8. The van der Waals surface area contributed by atoms with Crippen molar-refractivity contribution in [1.29, 1.82) is 0 Å². The summed E-state index contributed by atoms with van der Waals surface area (Å²) in [7, 11) is 0. The number of nitrogens with zero attached hydrogens (tertiary/aromatic N) is 6. The summed E-state index contributed by atoms with van der Waals surface area (Å²) in [5.41, 5.74) is 3.62. The summed E-state index contributed by atoms with van der Waals surface area (Å²) >= 11 is 1.52. The Morgan fingerprint density at radius 3 is 2.37 bits per heavy atom. The van der Waals surface area contributed by atoms with Crippen molar-refractivity contribution in [1.82, 2.24) is 34.9 Å². The van der Waals surface area contributed by atoms with Gasteiger partial charge in [0.1, 0.15) is 10.7 Å². The lowest BCUT2D eigenvalue weighted by Gasteiger charge is -2.13. The van der Waals surface area contributed by atoms with Gasteiger partial charge in [-0.05, 0) is 31.0 Å². The van der Waals surface area contributed by atoms with Crippen LogP contribution in [0.2, 0.25) is 0 Å². The molecule has 0 saturated heterocycles. The Kier molecular flexibility index (Phi) is 5.42. The number of imide groups is 1. The van der Waals surface area contributed by atoms with E-state index in [1.165, 1.54) is 16.2 Å². The van der Waals surface area contributed by atoms with Gasteiger partial charge in [-0.2, -0.15) is 14.7 Å². The molecule has 0 spiro atoms. The van der Waals surface area contributed by atoms with Gasteiger partial charge in [0.05, 0.1) is 16.8 Å². The van der Waals surface area contributed by atoms with E-state index < -0.39 is 0 Å². The zero-order chi connectivity index (χ0) is 23.8. The Morgan fingerprint density at radius 1 is 0.857 bits per heavy atom. The number of carbonyl (C=O) groups is 2. The van der Waals surface area contributed by atoms with E-state index in [9.17, 15) is 9.59 Å². The number of benzene rings is 2. The Bertz CT molecular complexity index is 1500. The molecule has 3 aromatic heterocycles. The fourth-order valence-electron chi connectivity index (χ4n) is 4.28. The molecule has 0 fully saturated rings. The topological polar surface area (TPSA) is 109 Å². The van der Waals surface area contributed by atoms with E-state index in [2.05, 4.69) is 20.4 Å². The maximum Gasteiger partial charge on any atom is 0.261 e. The highest BCUT2D eigenvalue weighted by Crippen LogP contribution is 2.26. The van der Waals surface area contributed by atoms with Crippen molar-refractivity contribution in [2.75, 3.05) is 6.54 Å². The molecule has 0 radical (unpaired) electrons. The van der Waals surface area contributed by atoms with Gasteiger partial charge in [0.25, 0.3) is 11.8 Å². The van der Waals surface area contributed by atoms with Crippen LogP contribution in [0.3, 0.4) is 0 Å². The van der Waals surface area contributed by atoms with Crippen LogP contribution in [0.4, 0.5) is 0 Å². The zero-order valence-electron chi connectivity index (χ0n) is 18.7. The molecule has 0 atom stereocenters. The molecule has 0 aliphatic carbocycles. The molecule has 35 heavy (non-hydrogen) atoms. The Morgan fingerprint density at radius 2 is 1.60 bits per heavy atom. The van der Waals surface area contributed by atoms with Crippen LogP contribution in [0.1, 0.15) is 45.0 Å². The predicted molar refractivity (Wildman–Crippen MR) is 131 cm³/mol. The molecule has 1 N–H and O–H groups in total. The maximum atomic E-state index is 12.5. The Balaban J connectivity index is 1.06. The van der Waals surface area contributed by atoms with Gasteiger partial charge in [0.2, 0.25) is 10.8 Å². The first-order valence-corrected chi connectivity index (χ1v) is 12.3. The number of aromatic amines is 1. The lowest BCUT2D eigenvalue weighted by molar-refractivity contribution is 0.0651. The van der Waals surface area contributed by atoms with E-state index in [0.29, 0.717) is 23.5 Å². The molecule has 2 aromatic carbocycles. The number of hydrogen-bond acceptors (Lipinski definition) is 7. The number of amides is 2. The average molecular weight is 484 g/mol. The van der Waals surface area contributed by atoms with Crippen molar-refractivity contribution in [3.05, 3.63) is 76.8 Å². The highest BCUT2D eigenvalue weighted by molar-refractivity contribution is 7.16. The summed E-state index contributed by atoms with van der Waals surface area (Å²) in [6.45, 7) is 0.436. The summed E-state index contributed by atoms with van der Waals surface area (Å²) in [4.78, 5) is 27.0. The average Bonchev–Trinajstić information content (AvgIpc) is 3.65. The van der Waals surface area contributed by atoms with Gasteiger partial charge >= 0.3 is 0 Å². The minimum absolute atomic E-state index is 0.194. The number of hydrogen-bond donors (Lipinski definition) is 1. The van der Waals surface area contributed by atoms with Gasteiger partial charge in [-0.3, -0.25) is 19.6 Å². The largest absolute Gasteiger partial charge is 0.274 e. The number of nitrogens with one attached hydrogen (secondary N) is 1. The predicted octanol–water partition coefficient (Wildman–Crippen LogP) is 4.25. The first-order valence-electron chi connectivity index (χ1n) is 11.5. The summed E-state index contributed by atoms with van der Waals surface area (Å²) in [5, 5.41) is 21.7. The van der Waals surface area contributed by atoms with Crippen LogP contribution in [0, 0.1) is 0 Å². The third-order valence-electron chi connectivity index (χ3n) is 6.07. The fourth-order valence-corrected chi connectivity index (χ4v) is 5.16. The molecule has 10 heteroatoms. The maximum absolute atomic E-state index is 12.5. The molecule has 1 aliphatic rings. The molecule has 4 heterocycles. The molecule has 174 valence electrons. The molecular weight excluding hydrogens is 462 g/mol. The Hall–Kier alpha value is -4.18. The summed E-state index contributed by atoms with van der Waals surface area (Å²) in [6, 6.07) is 18.9. The summed E-state index contributed by atoms with van der Waals surface area (Å²) < 4.78 is 1.75. The minimum Gasteiger partial charge on any atom is -0.274 e. The van der Waals surface area contributed by atoms with E-state index in [-0.39, 0.29) is 11.8 Å². The number of unbranched alkanes of at least 4 members (excludes halogenated alkanes) is 2.